The number of nitrogens with zero attached hydrogens (tertiary/aromatic N) is 6. The Morgan fingerprint density at radius 1 is 1.22 bits per heavy atom. The maximum absolute atomic E-state index is 12.7. The van der Waals surface area contributed by atoms with Crippen molar-refractivity contribution in [2.75, 3.05) is 5.32 Å². The number of hydrogen-bond donors (Lipinski definition) is 1. The number of nitrogens with one attached hydrogen (secondary N) is 1. The number of amides is 1. The van der Waals surface area contributed by atoms with Gasteiger partial charge in [0.25, 0.3) is 5.91 Å². The summed E-state index contributed by atoms with van der Waals surface area (Å²) in [5.74, 6) is -0.00227. The number of anilines is 1. The minimum atomic E-state index is -0.669. The minimum Gasteiger partial charge on any atom is -0.298 e. The molecule has 1 atom stereocenters. The molecule has 0 saturated heterocycles. The summed E-state index contributed by atoms with van der Waals surface area (Å²) in [7, 11) is 0. The van der Waals surface area contributed by atoms with Crippen LogP contribution in [0.2, 0.25) is 0 Å². The predicted octanol–water partition coefficient (Wildman–Crippen LogP) is 1.88. The lowest BCUT2D eigenvalue weighted by molar-refractivity contribution is -0.118. The van der Waals surface area contributed by atoms with Crippen LogP contribution in [0.1, 0.15) is 36.4 Å². The highest BCUT2D eigenvalue weighted by atomic mass is 32.1. The molecule has 8 nitrogen and oxygen atoms in total. The highest BCUT2D eigenvalue weighted by Crippen LogP contribution is 2.24. The molecule has 0 fully saturated rings. The Morgan fingerprint density at radius 3 is 2.61 bits per heavy atom. The first-order valence-corrected chi connectivity index (χ1v) is 7.88. The molecule has 1 aromatic carbocycles. The fourth-order valence-electron chi connectivity index (χ4n) is 2.04. The van der Waals surface area contributed by atoms with Gasteiger partial charge in [0.15, 0.2) is 6.04 Å². The Hall–Kier alpha value is -2.68. The van der Waals surface area contributed by atoms with Crippen LogP contribution in [-0.2, 0) is 4.79 Å². The third-order valence-electron chi connectivity index (χ3n) is 3.16. The van der Waals surface area contributed by atoms with Crippen molar-refractivity contribution in [2.24, 2.45) is 0 Å². The zero-order valence-corrected chi connectivity index (χ0v) is 13.4. The van der Waals surface area contributed by atoms with Crippen molar-refractivity contribution >= 4 is 22.4 Å². The molecule has 23 heavy (non-hydrogen) atoms. The van der Waals surface area contributed by atoms with Gasteiger partial charge in [0.2, 0.25) is 5.13 Å². The van der Waals surface area contributed by atoms with Crippen LogP contribution < -0.4 is 5.32 Å². The van der Waals surface area contributed by atoms with Gasteiger partial charge in [-0.25, -0.2) is 4.68 Å². The molecule has 0 radical (unpaired) electrons. The molecule has 3 rings (SSSR count). The van der Waals surface area contributed by atoms with Gasteiger partial charge in [-0.05, 0) is 16.0 Å². The Bertz CT molecular complexity index is 770. The Labute approximate surface area is 136 Å². The quantitative estimate of drug-likeness (QED) is 0.767. The number of carbonyl (C=O) groups excluding carboxylic acids is 1. The molecule has 0 aliphatic carbocycles. The zero-order chi connectivity index (χ0) is 16.2. The maximum atomic E-state index is 12.7. The van der Waals surface area contributed by atoms with E-state index in [1.165, 1.54) is 22.3 Å². The Morgan fingerprint density at radius 2 is 2.00 bits per heavy atom. The number of hydrogen-bond acceptors (Lipinski definition) is 7. The van der Waals surface area contributed by atoms with Crippen LogP contribution in [0.15, 0.2) is 36.7 Å². The van der Waals surface area contributed by atoms with E-state index >= 15 is 0 Å². The van der Waals surface area contributed by atoms with E-state index in [9.17, 15) is 4.79 Å². The molecule has 0 bridgehead atoms. The summed E-state index contributed by atoms with van der Waals surface area (Å²) >= 11 is 1.36. The summed E-state index contributed by atoms with van der Waals surface area (Å²) in [6.45, 7) is 4.06. The first-order chi connectivity index (χ1) is 11.1. The molecule has 0 aliphatic rings. The van der Waals surface area contributed by atoms with Crippen molar-refractivity contribution < 1.29 is 4.79 Å². The van der Waals surface area contributed by atoms with E-state index < -0.39 is 6.04 Å². The van der Waals surface area contributed by atoms with E-state index in [4.69, 9.17) is 0 Å². The number of benzene rings is 1. The van der Waals surface area contributed by atoms with Gasteiger partial charge in [-0.2, -0.15) is 0 Å². The van der Waals surface area contributed by atoms with Crippen LogP contribution in [-0.4, -0.2) is 36.3 Å². The minimum absolute atomic E-state index is 0.266. The average Bonchev–Trinajstić information content (AvgIpc) is 3.20. The molecule has 9 heteroatoms. The highest BCUT2D eigenvalue weighted by molar-refractivity contribution is 7.15. The van der Waals surface area contributed by atoms with Crippen LogP contribution in [0.5, 0.6) is 0 Å². The molecule has 1 amide bonds. The number of aromatic nitrogens is 6. The van der Waals surface area contributed by atoms with Crippen LogP contribution in [0.25, 0.3) is 0 Å². The van der Waals surface area contributed by atoms with Crippen molar-refractivity contribution in [3.8, 4) is 0 Å². The molecule has 0 aliphatic heterocycles. The van der Waals surface area contributed by atoms with Crippen molar-refractivity contribution in [3.63, 3.8) is 0 Å². The molecule has 1 N–H and O–H groups in total. The number of rotatable bonds is 5. The lowest BCUT2D eigenvalue weighted by atomic mass is 10.1. The maximum Gasteiger partial charge on any atom is 0.255 e. The first-order valence-electron chi connectivity index (χ1n) is 7.07. The fraction of sp³-hybridized carbons (Fsp3) is 0.286. The van der Waals surface area contributed by atoms with Gasteiger partial charge in [0.05, 0.1) is 0 Å². The number of tetrazole rings is 1. The smallest absolute Gasteiger partial charge is 0.255 e. The third-order valence-corrected chi connectivity index (χ3v) is 4.30. The van der Waals surface area contributed by atoms with Gasteiger partial charge in [-0.15, -0.1) is 15.3 Å². The number of carbonyl (C=O) groups is 1. The van der Waals surface area contributed by atoms with Gasteiger partial charge in [0, 0.05) is 5.92 Å². The second kappa shape index (κ2) is 6.61. The Balaban J connectivity index is 1.86. The van der Waals surface area contributed by atoms with Crippen LogP contribution in [0.4, 0.5) is 5.13 Å². The van der Waals surface area contributed by atoms with E-state index in [0.717, 1.165) is 10.6 Å². The van der Waals surface area contributed by atoms with Gasteiger partial charge in [-0.3, -0.25) is 10.1 Å². The standard InChI is InChI=1S/C14H15N7OS/c1-9(2)13-17-18-14(23-13)16-12(22)11(21-8-15-19-20-21)10-6-4-3-5-7-10/h3-9,11H,1-2H3,(H,16,18,22)/t11-/m1/s1. The molecule has 0 unspecified atom stereocenters. The summed E-state index contributed by atoms with van der Waals surface area (Å²) in [5.41, 5.74) is 0.783. The average molecular weight is 329 g/mol. The lowest BCUT2D eigenvalue weighted by Crippen LogP contribution is -2.27. The normalized spacial score (nSPS) is 12.3. The molecular weight excluding hydrogens is 314 g/mol. The fourth-order valence-corrected chi connectivity index (χ4v) is 2.79. The van der Waals surface area contributed by atoms with Crippen molar-refractivity contribution in [2.45, 2.75) is 25.8 Å². The Kier molecular flexibility index (Phi) is 4.38. The third kappa shape index (κ3) is 3.39. The van der Waals surface area contributed by atoms with Gasteiger partial charge in [0.1, 0.15) is 11.3 Å². The summed E-state index contributed by atoms with van der Waals surface area (Å²) in [6.07, 6.45) is 1.41. The molecule has 118 valence electrons. The summed E-state index contributed by atoms with van der Waals surface area (Å²) < 4.78 is 1.41. The van der Waals surface area contributed by atoms with E-state index in [1.807, 2.05) is 44.2 Å². The van der Waals surface area contributed by atoms with Crippen molar-refractivity contribution in [1.29, 1.82) is 0 Å². The SMILES string of the molecule is CC(C)c1nnc(NC(=O)[C@@H](c2ccccc2)n2cnnn2)s1. The van der Waals surface area contributed by atoms with Gasteiger partial charge in [-0.1, -0.05) is 55.5 Å². The molecular formula is C14H15N7OS. The predicted molar refractivity (Wildman–Crippen MR) is 85.0 cm³/mol. The largest absolute Gasteiger partial charge is 0.298 e. The lowest BCUT2D eigenvalue weighted by Gasteiger charge is -2.15. The van der Waals surface area contributed by atoms with E-state index in [2.05, 4.69) is 31.0 Å². The second-order valence-corrected chi connectivity index (χ2v) is 6.20. The monoisotopic (exact) mass is 329 g/mol. The van der Waals surface area contributed by atoms with Crippen LogP contribution >= 0.6 is 11.3 Å². The van der Waals surface area contributed by atoms with E-state index in [-0.39, 0.29) is 11.8 Å². The van der Waals surface area contributed by atoms with E-state index in [1.54, 1.807) is 0 Å². The molecule has 0 spiro atoms. The van der Waals surface area contributed by atoms with Crippen molar-refractivity contribution in [1.82, 2.24) is 30.4 Å². The molecule has 2 aromatic heterocycles. The first kappa shape index (κ1) is 15.2. The van der Waals surface area contributed by atoms with Crippen molar-refractivity contribution in [3.05, 3.63) is 47.2 Å². The molecule has 2 heterocycles. The topological polar surface area (TPSA) is 98.5 Å². The zero-order valence-electron chi connectivity index (χ0n) is 12.6. The van der Waals surface area contributed by atoms with Crippen LogP contribution in [0.3, 0.4) is 0 Å². The highest BCUT2D eigenvalue weighted by Gasteiger charge is 2.25. The summed E-state index contributed by atoms with van der Waals surface area (Å²) in [5, 5.41) is 23.3. The molecule has 3 aromatic rings. The van der Waals surface area contributed by atoms with Crippen LogP contribution in [0, 0.1) is 0 Å². The van der Waals surface area contributed by atoms with Gasteiger partial charge >= 0.3 is 0 Å². The summed E-state index contributed by atoms with van der Waals surface area (Å²) in [4.78, 5) is 12.7. The summed E-state index contributed by atoms with van der Waals surface area (Å²) in [6, 6.07) is 8.65. The van der Waals surface area contributed by atoms with E-state index in [0.29, 0.717) is 5.13 Å². The second-order valence-electron chi connectivity index (χ2n) is 5.19. The molecule has 0 saturated carbocycles. The van der Waals surface area contributed by atoms with Gasteiger partial charge < -0.3 is 0 Å².